The number of aryl methyl sites for hydroxylation is 1. The largest absolute Gasteiger partial charge is 0.420 e. The van der Waals surface area contributed by atoms with Crippen molar-refractivity contribution in [3.05, 3.63) is 71.4 Å². The highest BCUT2D eigenvalue weighted by molar-refractivity contribution is 5.52. The van der Waals surface area contributed by atoms with E-state index >= 15 is 0 Å². The smallest absolute Gasteiger partial charge is 0.247 e. The number of nitrogens with zero attached hydrogens (tertiary/aromatic N) is 3. The fourth-order valence-corrected chi connectivity index (χ4v) is 3.26. The van der Waals surface area contributed by atoms with E-state index in [1.807, 2.05) is 43.3 Å². The molecule has 0 saturated carbocycles. The molecular formula is C20H20FN3O. The standard InChI is InChI=1S/C20H20FN3O/c1-14-6-8-15(9-7-14)19-22-23-20(25-19)17-10-11-24(13-17)12-16-4-2-3-5-18(16)21/h2-9,17H,10-13H2,1H3/t17-/m0/s1. The van der Waals surface area contributed by atoms with Gasteiger partial charge in [0.15, 0.2) is 0 Å². The van der Waals surface area contributed by atoms with Crippen molar-refractivity contribution in [1.29, 1.82) is 0 Å². The van der Waals surface area contributed by atoms with Crippen LogP contribution in [-0.4, -0.2) is 28.2 Å². The third-order valence-corrected chi connectivity index (χ3v) is 4.71. The van der Waals surface area contributed by atoms with E-state index in [0.717, 1.165) is 30.6 Å². The van der Waals surface area contributed by atoms with Crippen LogP contribution in [0.3, 0.4) is 0 Å². The third-order valence-electron chi connectivity index (χ3n) is 4.71. The van der Waals surface area contributed by atoms with Gasteiger partial charge in [-0.05, 0) is 38.1 Å². The lowest BCUT2D eigenvalue weighted by Gasteiger charge is -2.15. The van der Waals surface area contributed by atoms with Crippen LogP contribution < -0.4 is 0 Å². The second-order valence-corrected chi connectivity index (χ2v) is 6.62. The van der Waals surface area contributed by atoms with Crippen LogP contribution in [0.1, 0.15) is 29.4 Å². The molecule has 1 aromatic heterocycles. The minimum atomic E-state index is -0.148. The zero-order chi connectivity index (χ0) is 17.2. The zero-order valence-electron chi connectivity index (χ0n) is 14.2. The first-order valence-electron chi connectivity index (χ1n) is 8.55. The van der Waals surface area contributed by atoms with Gasteiger partial charge in [-0.3, -0.25) is 4.90 Å². The first kappa shape index (κ1) is 16.0. The van der Waals surface area contributed by atoms with E-state index in [2.05, 4.69) is 15.1 Å². The first-order chi connectivity index (χ1) is 12.2. The molecule has 128 valence electrons. The summed E-state index contributed by atoms with van der Waals surface area (Å²) in [7, 11) is 0. The number of hydrogen-bond acceptors (Lipinski definition) is 4. The topological polar surface area (TPSA) is 42.2 Å². The molecule has 0 bridgehead atoms. The molecule has 4 nitrogen and oxygen atoms in total. The SMILES string of the molecule is Cc1ccc(-c2nnc([C@H]3CCN(Cc4ccccc4F)C3)o2)cc1. The van der Waals surface area contributed by atoms with E-state index in [4.69, 9.17) is 4.42 Å². The molecule has 1 fully saturated rings. The van der Waals surface area contributed by atoms with Gasteiger partial charge in [0.05, 0.1) is 5.92 Å². The van der Waals surface area contributed by atoms with Crippen molar-refractivity contribution in [2.24, 2.45) is 0 Å². The fourth-order valence-electron chi connectivity index (χ4n) is 3.26. The number of halogens is 1. The highest BCUT2D eigenvalue weighted by Gasteiger charge is 2.28. The van der Waals surface area contributed by atoms with Gasteiger partial charge in [0.2, 0.25) is 11.8 Å². The quantitative estimate of drug-likeness (QED) is 0.716. The number of rotatable bonds is 4. The summed E-state index contributed by atoms with van der Waals surface area (Å²) in [6.07, 6.45) is 0.948. The number of benzene rings is 2. The molecule has 1 saturated heterocycles. The Morgan fingerprint density at radius 1 is 1.12 bits per heavy atom. The fraction of sp³-hybridized carbons (Fsp3) is 0.300. The van der Waals surface area contributed by atoms with E-state index in [-0.39, 0.29) is 11.7 Å². The van der Waals surface area contributed by atoms with Gasteiger partial charge >= 0.3 is 0 Å². The van der Waals surface area contributed by atoms with Crippen LogP contribution >= 0.6 is 0 Å². The summed E-state index contributed by atoms with van der Waals surface area (Å²) in [5, 5.41) is 8.43. The Labute approximate surface area is 146 Å². The first-order valence-corrected chi connectivity index (χ1v) is 8.55. The van der Waals surface area contributed by atoms with Crippen molar-refractivity contribution in [3.8, 4) is 11.5 Å². The lowest BCUT2D eigenvalue weighted by molar-refractivity contribution is 0.315. The maximum Gasteiger partial charge on any atom is 0.247 e. The normalized spacial score (nSPS) is 17.9. The molecule has 0 aliphatic carbocycles. The van der Waals surface area contributed by atoms with Crippen molar-refractivity contribution in [2.45, 2.75) is 25.8 Å². The van der Waals surface area contributed by atoms with Gasteiger partial charge in [-0.25, -0.2) is 4.39 Å². The predicted molar refractivity (Wildman–Crippen MR) is 93.5 cm³/mol. The summed E-state index contributed by atoms with van der Waals surface area (Å²) in [6, 6.07) is 15.0. The van der Waals surface area contributed by atoms with Crippen molar-refractivity contribution in [1.82, 2.24) is 15.1 Å². The van der Waals surface area contributed by atoms with Crippen LogP contribution in [0.5, 0.6) is 0 Å². The van der Waals surface area contributed by atoms with Gasteiger partial charge in [-0.1, -0.05) is 35.9 Å². The van der Waals surface area contributed by atoms with Crippen molar-refractivity contribution >= 4 is 0 Å². The Hall–Kier alpha value is -2.53. The lowest BCUT2D eigenvalue weighted by Crippen LogP contribution is -2.20. The van der Waals surface area contributed by atoms with Gasteiger partial charge in [0.25, 0.3) is 0 Å². The summed E-state index contributed by atoms with van der Waals surface area (Å²) in [5.41, 5.74) is 2.86. The summed E-state index contributed by atoms with van der Waals surface area (Å²) in [6.45, 7) is 4.37. The van der Waals surface area contributed by atoms with Crippen LogP contribution in [-0.2, 0) is 6.54 Å². The summed E-state index contributed by atoms with van der Waals surface area (Å²) < 4.78 is 19.7. The monoisotopic (exact) mass is 337 g/mol. The van der Waals surface area contributed by atoms with Crippen LogP contribution in [0, 0.1) is 12.7 Å². The van der Waals surface area contributed by atoms with E-state index in [1.54, 1.807) is 6.07 Å². The van der Waals surface area contributed by atoms with Crippen molar-refractivity contribution in [3.63, 3.8) is 0 Å². The Bertz CT molecular complexity index is 859. The minimum Gasteiger partial charge on any atom is -0.420 e. The number of hydrogen-bond donors (Lipinski definition) is 0. The van der Waals surface area contributed by atoms with E-state index in [9.17, 15) is 4.39 Å². The Kier molecular flexibility index (Phi) is 4.32. The van der Waals surface area contributed by atoms with E-state index in [0.29, 0.717) is 18.3 Å². The Balaban J connectivity index is 1.44. The van der Waals surface area contributed by atoms with Crippen LogP contribution in [0.4, 0.5) is 4.39 Å². The number of likely N-dealkylation sites (tertiary alicyclic amines) is 1. The molecule has 2 heterocycles. The van der Waals surface area contributed by atoms with Crippen LogP contribution in [0.25, 0.3) is 11.5 Å². The molecule has 5 heteroatoms. The molecule has 0 spiro atoms. The summed E-state index contributed by atoms with van der Waals surface area (Å²) in [5.74, 6) is 1.29. The maximum atomic E-state index is 13.8. The van der Waals surface area contributed by atoms with E-state index < -0.39 is 0 Å². The minimum absolute atomic E-state index is 0.148. The van der Waals surface area contributed by atoms with Gasteiger partial charge in [-0.2, -0.15) is 0 Å². The molecule has 25 heavy (non-hydrogen) atoms. The summed E-state index contributed by atoms with van der Waals surface area (Å²) >= 11 is 0. The molecule has 0 radical (unpaired) electrons. The second-order valence-electron chi connectivity index (χ2n) is 6.62. The van der Waals surface area contributed by atoms with Crippen LogP contribution in [0.15, 0.2) is 52.9 Å². The highest BCUT2D eigenvalue weighted by Crippen LogP contribution is 2.29. The highest BCUT2D eigenvalue weighted by atomic mass is 19.1. The molecule has 0 N–H and O–H groups in total. The van der Waals surface area contributed by atoms with Gasteiger partial charge in [-0.15, -0.1) is 10.2 Å². The van der Waals surface area contributed by atoms with Gasteiger partial charge in [0.1, 0.15) is 5.82 Å². The summed E-state index contributed by atoms with van der Waals surface area (Å²) in [4.78, 5) is 2.23. The van der Waals surface area contributed by atoms with Gasteiger partial charge in [0, 0.05) is 24.2 Å². The molecule has 4 rings (SSSR count). The molecular weight excluding hydrogens is 317 g/mol. The second kappa shape index (κ2) is 6.76. The van der Waals surface area contributed by atoms with Crippen LogP contribution in [0.2, 0.25) is 0 Å². The average molecular weight is 337 g/mol. The lowest BCUT2D eigenvalue weighted by atomic mass is 10.1. The maximum absolute atomic E-state index is 13.8. The molecule has 0 amide bonds. The molecule has 1 aliphatic rings. The average Bonchev–Trinajstić information content (AvgIpc) is 3.27. The van der Waals surface area contributed by atoms with E-state index in [1.165, 1.54) is 11.6 Å². The molecule has 3 aromatic rings. The Morgan fingerprint density at radius 3 is 2.72 bits per heavy atom. The van der Waals surface area contributed by atoms with Gasteiger partial charge < -0.3 is 4.42 Å². The number of aromatic nitrogens is 2. The van der Waals surface area contributed by atoms with Crippen molar-refractivity contribution < 1.29 is 8.81 Å². The molecule has 1 atom stereocenters. The third kappa shape index (κ3) is 3.46. The predicted octanol–water partition coefficient (Wildman–Crippen LogP) is 4.17. The molecule has 0 unspecified atom stereocenters. The van der Waals surface area contributed by atoms with Crippen molar-refractivity contribution in [2.75, 3.05) is 13.1 Å². The Morgan fingerprint density at radius 2 is 1.92 bits per heavy atom. The molecule has 2 aromatic carbocycles. The molecule has 1 aliphatic heterocycles. The zero-order valence-corrected chi connectivity index (χ0v) is 14.2.